The van der Waals surface area contributed by atoms with Crippen molar-refractivity contribution in [1.29, 1.82) is 0 Å². The Morgan fingerprint density at radius 2 is 2.05 bits per heavy atom. The molecule has 1 N–H and O–H groups in total. The van der Waals surface area contributed by atoms with Crippen molar-refractivity contribution in [3.63, 3.8) is 0 Å². The Hall–Kier alpha value is -1.02. The van der Waals surface area contributed by atoms with Crippen LogP contribution in [0.2, 0.25) is 0 Å². The molecule has 2 aliphatic rings. The van der Waals surface area contributed by atoms with Gasteiger partial charge in [-0.25, -0.2) is 0 Å². The maximum Gasteiger partial charge on any atom is 0.122 e. The van der Waals surface area contributed by atoms with Crippen LogP contribution < -0.4 is 10.1 Å². The molecule has 1 aromatic rings. The van der Waals surface area contributed by atoms with Gasteiger partial charge < -0.3 is 10.1 Å². The first-order chi connectivity index (χ1) is 9.31. The molecule has 2 heteroatoms. The Balaban J connectivity index is 2.05. The van der Waals surface area contributed by atoms with E-state index in [0.29, 0.717) is 5.92 Å². The largest absolute Gasteiger partial charge is 0.496 e. The summed E-state index contributed by atoms with van der Waals surface area (Å²) in [6, 6.07) is 2.32. The van der Waals surface area contributed by atoms with E-state index < -0.39 is 0 Å². The first-order valence-corrected chi connectivity index (χ1v) is 7.71. The van der Waals surface area contributed by atoms with Gasteiger partial charge in [0.05, 0.1) is 7.11 Å². The van der Waals surface area contributed by atoms with Gasteiger partial charge in [-0.1, -0.05) is 0 Å². The second kappa shape index (κ2) is 5.54. The number of hydrogen-bond acceptors (Lipinski definition) is 2. The highest BCUT2D eigenvalue weighted by molar-refractivity contribution is 5.52. The molecule has 1 aromatic carbocycles. The lowest BCUT2D eigenvalue weighted by atomic mass is 9.80. The van der Waals surface area contributed by atoms with Crippen LogP contribution in [0.5, 0.6) is 5.75 Å². The molecule has 1 fully saturated rings. The van der Waals surface area contributed by atoms with Crippen molar-refractivity contribution in [2.75, 3.05) is 20.2 Å². The molecule has 1 saturated heterocycles. The van der Waals surface area contributed by atoms with Gasteiger partial charge in [-0.2, -0.15) is 0 Å². The van der Waals surface area contributed by atoms with Crippen LogP contribution in [0.4, 0.5) is 0 Å². The monoisotopic (exact) mass is 259 g/mol. The molecule has 0 aromatic heterocycles. The zero-order valence-corrected chi connectivity index (χ0v) is 12.2. The maximum atomic E-state index is 5.72. The Labute approximate surface area is 116 Å². The van der Waals surface area contributed by atoms with Crippen molar-refractivity contribution in [2.24, 2.45) is 0 Å². The first-order valence-electron chi connectivity index (χ1n) is 7.71. The van der Waals surface area contributed by atoms with Crippen molar-refractivity contribution in [1.82, 2.24) is 5.32 Å². The second-order valence-corrected chi connectivity index (χ2v) is 6.01. The quantitative estimate of drug-likeness (QED) is 0.879. The van der Waals surface area contributed by atoms with E-state index in [2.05, 4.69) is 18.3 Å². The summed E-state index contributed by atoms with van der Waals surface area (Å²) in [5.74, 6) is 1.77. The molecule has 1 heterocycles. The van der Waals surface area contributed by atoms with Crippen LogP contribution in [0.1, 0.15) is 53.9 Å². The van der Waals surface area contributed by atoms with Crippen LogP contribution >= 0.6 is 0 Å². The third-order valence-corrected chi connectivity index (χ3v) is 4.86. The number of nitrogens with one attached hydrogen (secondary N) is 1. The average molecular weight is 259 g/mol. The lowest BCUT2D eigenvalue weighted by Gasteiger charge is -2.29. The lowest BCUT2D eigenvalue weighted by Crippen LogP contribution is -2.29. The average Bonchev–Trinajstić information content (AvgIpc) is 2.48. The first kappa shape index (κ1) is 13.0. The Morgan fingerprint density at radius 1 is 1.21 bits per heavy atom. The number of piperidine rings is 1. The topological polar surface area (TPSA) is 21.3 Å². The van der Waals surface area contributed by atoms with Gasteiger partial charge in [0.25, 0.3) is 0 Å². The molecule has 2 nitrogen and oxygen atoms in total. The van der Waals surface area contributed by atoms with Crippen LogP contribution in [0.3, 0.4) is 0 Å². The maximum absolute atomic E-state index is 5.72. The minimum Gasteiger partial charge on any atom is -0.496 e. The number of rotatable bonds is 2. The third kappa shape index (κ3) is 2.38. The summed E-state index contributed by atoms with van der Waals surface area (Å²) in [4.78, 5) is 0. The van der Waals surface area contributed by atoms with Crippen molar-refractivity contribution in [3.05, 3.63) is 28.3 Å². The van der Waals surface area contributed by atoms with E-state index in [1.165, 1.54) is 61.8 Å². The number of benzene rings is 1. The molecule has 3 rings (SSSR count). The molecular formula is C17H25NO. The van der Waals surface area contributed by atoms with Crippen LogP contribution in [0.25, 0.3) is 0 Å². The molecule has 0 radical (unpaired) electrons. The van der Waals surface area contributed by atoms with E-state index in [1.54, 1.807) is 5.56 Å². The predicted octanol–water partition coefficient (Wildman–Crippen LogP) is 3.35. The van der Waals surface area contributed by atoms with Crippen LogP contribution in [0, 0.1) is 6.92 Å². The zero-order valence-electron chi connectivity index (χ0n) is 12.2. The van der Waals surface area contributed by atoms with Crippen LogP contribution in [0.15, 0.2) is 6.07 Å². The van der Waals surface area contributed by atoms with E-state index in [1.807, 2.05) is 7.11 Å². The van der Waals surface area contributed by atoms with E-state index in [0.717, 1.165) is 12.3 Å². The number of ether oxygens (including phenoxy) is 1. The molecule has 0 saturated carbocycles. The summed E-state index contributed by atoms with van der Waals surface area (Å²) in [6.45, 7) is 4.59. The molecule has 1 unspecified atom stereocenters. The van der Waals surface area contributed by atoms with Crippen LogP contribution in [-0.4, -0.2) is 20.2 Å². The fourth-order valence-corrected chi connectivity index (χ4v) is 3.87. The molecule has 0 amide bonds. The SMILES string of the molecule is COc1cc2c(c(C)c1C1CCCNC1)CCCC2. The highest BCUT2D eigenvalue weighted by Crippen LogP contribution is 2.39. The lowest BCUT2D eigenvalue weighted by molar-refractivity contribution is 0.390. The van der Waals surface area contributed by atoms with Gasteiger partial charge in [0, 0.05) is 18.0 Å². The molecule has 1 aliphatic carbocycles. The summed E-state index contributed by atoms with van der Waals surface area (Å²) in [7, 11) is 1.82. The zero-order chi connectivity index (χ0) is 13.2. The van der Waals surface area contributed by atoms with Gasteiger partial charge in [-0.3, -0.25) is 0 Å². The van der Waals surface area contributed by atoms with Gasteiger partial charge in [0.2, 0.25) is 0 Å². The predicted molar refractivity (Wildman–Crippen MR) is 79.2 cm³/mol. The molecule has 0 bridgehead atoms. The van der Waals surface area contributed by atoms with E-state index >= 15 is 0 Å². The second-order valence-electron chi connectivity index (χ2n) is 6.01. The molecular weight excluding hydrogens is 234 g/mol. The van der Waals surface area contributed by atoms with Gasteiger partial charge in [0.15, 0.2) is 0 Å². The van der Waals surface area contributed by atoms with E-state index in [4.69, 9.17) is 4.74 Å². The Morgan fingerprint density at radius 3 is 2.79 bits per heavy atom. The van der Waals surface area contributed by atoms with Gasteiger partial charge >= 0.3 is 0 Å². The fraction of sp³-hybridized carbons (Fsp3) is 0.647. The number of aryl methyl sites for hydroxylation is 1. The van der Waals surface area contributed by atoms with Crippen molar-refractivity contribution < 1.29 is 4.74 Å². The molecule has 1 aliphatic heterocycles. The normalized spacial score (nSPS) is 22.9. The van der Waals surface area contributed by atoms with Gasteiger partial charge in [0.1, 0.15) is 5.75 Å². The third-order valence-electron chi connectivity index (χ3n) is 4.86. The molecule has 0 spiro atoms. The standard InChI is InChI=1S/C17H25NO/c1-12-15-8-4-3-6-13(15)10-16(19-2)17(12)14-7-5-9-18-11-14/h10,14,18H,3-9,11H2,1-2H3. The minimum atomic E-state index is 0.635. The highest BCUT2D eigenvalue weighted by Gasteiger charge is 2.25. The summed E-state index contributed by atoms with van der Waals surface area (Å²) in [5.41, 5.74) is 6.15. The van der Waals surface area contributed by atoms with E-state index in [-0.39, 0.29) is 0 Å². The summed E-state index contributed by atoms with van der Waals surface area (Å²) < 4.78 is 5.72. The highest BCUT2D eigenvalue weighted by atomic mass is 16.5. The summed E-state index contributed by atoms with van der Waals surface area (Å²) in [6.07, 6.45) is 7.75. The van der Waals surface area contributed by atoms with Crippen molar-refractivity contribution in [2.45, 2.75) is 51.4 Å². The summed E-state index contributed by atoms with van der Waals surface area (Å²) in [5, 5.41) is 3.54. The smallest absolute Gasteiger partial charge is 0.122 e. The van der Waals surface area contributed by atoms with E-state index in [9.17, 15) is 0 Å². The number of hydrogen-bond donors (Lipinski definition) is 1. The Kier molecular flexibility index (Phi) is 3.79. The fourth-order valence-electron chi connectivity index (χ4n) is 3.87. The molecule has 1 atom stereocenters. The van der Waals surface area contributed by atoms with Crippen molar-refractivity contribution in [3.8, 4) is 5.75 Å². The Bertz CT molecular complexity index is 461. The molecule has 19 heavy (non-hydrogen) atoms. The molecule has 104 valence electrons. The minimum absolute atomic E-state index is 0.635. The summed E-state index contributed by atoms with van der Waals surface area (Å²) >= 11 is 0. The number of methoxy groups -OCH3 is 1. The van der Waals surface area contributed by atoms with Gasteiger partial charge in [-0.15, -0.1) is 0 Å². The van der Waals surface area contributed by atoms with Gasteiger partial charge in [-0.05, 0) is 74.8 Å². The van der Waals surface area contributed by atoms with Crippen LogP contribution in [-0.2, 0) is 12.8 Å². The van der Waals surface area contributed by atoms with Crippen molar-refractivity contribution >= 4 is 0 Å². The number of fused-ring (bicyclic) bond motifs is 1.